The average Bonchev–Trinajstić information content (AvgIpc) is 3.46. The number of carboxylic acid groups (broad SMARTS) is 1. The molecule has 2 unspecified atom stereocenters. The molecule has 4 N–H and O–H groups in total. The van der Waals surface area contributed by atoms with Crippen LogP contribution in [0.15, 0.2) is 35.5 Å². The molecule has 0 aromatic carbocycles. The van der Waals surface area contributed by atoms with E-state index < -0.39 is 29.3 Å². The fraction of sp³-hybridized carbons (Fsp3) is 0.848. The summed E-state index contributed by atoms with van der Waals surface area (Å²) in [7, 11) is 0. The molecule has 292 valence electrons. The molecule has 0 amide bonds. The Morgan fingerprint density at radius 3 is 2.17 bits per heavy atom. The van der Waals surface area contributed by atoms with Gasteiger partial charge < -0.3 is 20.6 Å². The van der Waals surface area contributed by atoms with Crippen molar-refractivity contribution in [2.45, 2.75) is 174 Å². The van der Waals surface area contributed by atoms with E-state index in [4.69, 9.17) is 0 Å². The number of fused-ring (bicyclic) bond motifs is 7. The van der Waals surface area contributed by atoms with Crippen molar-refractivity contribution in [3.05, 3.63) is 35.5 Å². The van der Waals surface area contributed by atoms with Crippen LogP contribution in [0.2, 0.25) is 0 Å². The van der Waals surface area contributed by atoms with Crippen molar-refractivity contribution in [2.75, 3.05) is 13.2 Å². The third-order valence-corrected chi connectivity index (χ3v) is 18.6. The minimum Gasteiger partial charge on any atom is -0.481 e. The predicted octanol–water partition coefficient (Wildman–Crippen LogP) is 10.1. The summed E-state index contributed by atoms with van der Waals surface area (Å²) >= 11 is 0. The first kappa shape index (κ1) is 38.8. The molecule has 0 aromatic rings. The lowest BCUT2D eigenvalue weighted by Crippen LogP contribution is -2.68. The molecular weight excluding hydrogens is 650 g/mol. The number of allylic oxidation sites excluding steroid dienone is 5. The SMILES string of the molecule is C=C(C)[C@@H]1CC[C@]2(NCCC3(O)CCC(C)(O)CC3)CC[C@]3(C)[C@H](CC[C@@H]4C5(C)CC=C(C6=CCC(CF)(C(=O)O)CC6)C(C)(C)[C@@H]5CC[C@]43C)[C@@H]12. The maximum Gasteiger partial charge on any atom is 0.312 e. The first-order chi connectivity index (χ1) is 24.2. The van der Waals surface area contributed by atoms with Crippen molar-refractivity contribution < 1.29 is 24.5 Å². The Bertz CT molecular complexity index is 1500. The first-order valence-electron chi connectivity index (χ1n) is 21.3. The van der Waals surface area contributed by atoms with Crippen LogP contribution in [0, 0.1) is 56.7 Å². The molecule has 0 spiro atoms. The number of hydrogen-bond acceptors (Lipinski definition) is 4. The molecule has 7 aliphatic carbocycles. The molecule has 0 radical (unpaired) electrons. The average molecular weight is 722 g/mol. The zero-order valence-electron chi connectivity index (χ0n) is 33.8. The van der Waals surface area contributed by atoms with E-state index in [1.165, 1.54) is 68.1 Å². The minimum absolute atomic E-state index is 0.0167. The summed E-state index contributed by atoms with van der Waals surface area (Å²) in [5.74, 6) is 1.96. The first-order valence-corrected chi connectivity index (χ1v) is 21.3. The summed E-state index contributed by atoms with van der Waals surface area (Å²) in [4.78, 5) is 12.0. The van der Waals surface area contributed by atoms with Crippen LogP contribution in [0.5, 0.6) is 0 Å². The van der Waals surface area contributed by atoms with Crippen molar-refractivity contribution in [1.29, 1.82) is 0 Å². The number of halogens is 1. The summed E-state index contributed by atoms with van der Waals surface area (Å²) in [6.45, 7) is 21.8. The van der Waals surface area contributed by atoms with Gasteiger partial charge in [-0.1, -0.05) is 58.9 Å². The van der Waals surface area contributed by atoms with Crippen molar-refractivity contribution in [1.82, 2.24) is 5.32 Å². The summed E-state index contributed by atoms with van der Waals surface area (Å²) in [5.41, 5.74) is 2.23. The molecule has 52 heavy (non-hydrogen) atoms. The molecule has 5 saturated carbocycles. The number of nitrogens with one attached hydrogen (secondary N) is 1. The van der Waals surface area contributed by atoms with Crippen LogP contribution in [0.3, 0.4) is 0 Å². The van der Waals surface area contributed by atoms with E-state index in [0.717, 1.165) is 19.4 Å². The number of aliphatic hydroxyl groups is 2. The highest BCUT2D eigenvalue weighted by molar-refractivity contribution is 5.75. The van der Waals surface area contributed by atoms with Gasteiger partial charge in [-0.25, -0.2) is 4.39 Å². The summed E-state index contributed by atoms with van der Waals surface area (Å²) < 4.78 is 14.0. The highest BCUT2D eigenvalue weighted by Gasteiger charge is 2.70. The largest absolute Gasteiger partial charge is 0.481 e. The normalized spacial score (nSPS) is 49.8. The summed E-state index contributed by atoms with van der Waals surface area (Å²) in [6.07, 6.45) is 20.4. The van der Waals surface area contributed by atoms with Gasteiger partial charge in [0.25, 0.3) is 0 Å². The number of hydrogen-bond donors (Lipinski definition) is 4. The predicted molar refractivity (Wildman–Crippen MR) is 207 cm³/mol. The quantitative estimate of drug-likeness (QED) is 0.187. The highest BCUT2D eigenvalue weighted by Crippen LogP contribution is 2.76. The van der Waals surface area contributed by atoms with Crippen molar-refractivity contribution >= 4 is 5.97 Å². The maximum atomic E-state index is 14.0. The van der Waals surface area contributed by atoms with E-state index in [2.05, 4.69) is 65.6 Å². The molecule has 0 bridgehead atoms. The van der Waals surface area contributed by atoms with E-state index in [0.29, 0.717) is 68.1 Å². The molecular formula is C46H72FNO4. The van der Waals surface area contributed by atoms with E-state index in [-0.39, 0.29) is 33.6 Å². The Morgan fingerprint density at radius 2 is 1.56 bits per heavy atom. The van der Waals surface area contributed by atoms with Crippen LogP contribution in [0.1, 0.15) is 158 Å². The molecule has 0 heterocycles. The molecule has 5 nitrogen and oxygen atoms in total. The van der Waals surface area contributed by atoms with E-state index >= 15 is 0 Å². The molecule has 0 aliphatic heterocycles. The fourth-order valence-corrected chi connectivity index (χ4v) is 15.2. The molecule has 0 aromatic heterocycles. The molecule has 6 heteroatoms. The molecule has 7 aliphatic rings. The van der Waals surface area contributed by atoms with Crippen LogP contribution in [-0.4, -0.2) is 51.2 Å². The molecule has 10 atom stereocenters. The molecule has 7 rings (SSSR count). The van der Waals surface area contributed by atoms with Gasteiger partial charge in [0.05, 0.1) is 16.6 Å². The minimum atomic E-state index is -1.26. The Labute approximate surface area is 314 Å². The molecule has 5 fully saturated rings. The fourth-order valence-electron chi connectivity index (χ4n) is 15.2. The Kier molecular flexibility index (Phi) is 9.52. The molecule has 0 saturated heterocycles. The van der Waals surface area contributed by atoms with Gasteiger partial charge in [0, 0.05) is 5.54 Å². The standard InChI is InChI=1S/C46H72FNO4/c1-30(2)32-13-20-46(48-28-27-45(52)24-21-40(5,51)22-25-45)26-23-42(7)34(37(32)46)9-10-36-41(6)16-14-33(39(3,4)35(41)15-17-43(36,42)8)31-11-18-44(29-47,19-12-31)38(49)50/h11,14,32,34-37,48,51-52H,1,9-10,12-13,15-29H2,2-8H3,(H,49,50)/t32-,34+,35-,36+,37+,40?,41?,42+,43+,44?,45?,46-/m0/s1. The number of carbonyl (C=O) groups is 1. The lowest BCUT2D eigenvalue weighted by molar-refractivity contribution is -0.221. The lowest BCUT2D eigenvalue weighted by atomic mass is 9.33. The second-order valence-corrected chi connectivity index (χ2v) is 21.4. The maximum absolute atomic E-state index is 14.0. The third kappa shape index (κ3) is 5.70. The van der Waals surface area contributed by atoms with Crippen LogP contribution < -0.4 is 5.32 Å². The van der Waals surface area contributed by atoms with Crippen LogP contribution >= 0.6 is 0 Å². The van der Waals surface area contributed by atoms with E-state index in [1.807, 2.05) is 6.92 Å². The third-order valence-electron chi connectivity index (χ3n) is 18.6. The van der Waals surface area contributed by atoms with E-state index in [9.17, 15) is 24.5 Å². The van der Waals surface area contributed by atoms with Crippen molar-refractivity contribution in [3.63, 3.8) is 0 Å². The lowest BCUT2D eigenvalue weighted by Gasteiger charge is -2.72. The van der Waals surface area contributed by atoms with Gasteiger partial charge in [0.15, 0.2) is 0 Å². The second kappa shape index (κ2) is 12.8. The van der Waals surface area contributed by atoms with Gasteiger partial charge >= 0.3 is 5.97 Å². The number of rotatable bonds is 8. The second-order valence-electron chi connectivity index (χ2n) is 21.4. The monoisotopic (exact) mass is 722 g/mol. The zero-order chi connectivity index (χ0) is 37.8. The van der Waals surface area contributed by atoms with Gasteiger partial charge in [-0.3, -0.25) is 4.79 Å². The van der Waals surface area contributed by atoms with Crippen molar-refractivity contribution in [2.24, 2.45) is 56.7 Å². The Hall–Kier alpha value is -1.50. The van der Waals surface area contributed by atoms with Gasteiger partial charge in [-0.2, -0.15) is 0 Å². The van der Waals surface area contributed by atoms with Crippen LogP contribution in [0.4, 0.5) is 4.39 Å². The van der Waals surface area contributed by atoms with Crippen LogP contribution in [-0.2, 0) is 4.79 Å². The highest BCUT2D eigenvalue weighted by atomic mass is 19.1. The van der Waals surface area contributed by atoms with Gasteiger partial charge in [-0.05, 0) is 192 Å². The Balaban J connectivity index is 1.13. The van der Waals surface area contributed by atoms with Crippen molar-refractivity contribution in [3.8, 4) is 0 Å². The van der Waals surface area contributed by atoms with Gasteiger partial charge in [0.1, 0.15) is 6.67 Å². The smallest absolute Gasteiger partial charge is 0.312 e. The topological polar surface area (TPSA) is 89.8 Å². The van der Waals surface area contributed by atoms with Gasteiger partial charge in [0.2, 0.25) is 0 Å². The number of carboxylic acids is 1. The van der Waals surface area contributed by atoms with Crippen LogP contribution in [0.25, 0.3) is 0 Å². The summed E-state index contributed by atoms with van der Waals surface area (Å²) in [5, 5.41) is 36.0. The number of alkyl halides is 1. The van der Waals surface area contributed by atoms with Gasteiger partial charge in [-0.15, -0.1) is 0 Å². The number of aliphatic carboxylic acids is 1. The summed E-state index contributed by atoms with van der Waals surface area (Å²) in [6, 6.07) is 0. The zero-order valence-corrected chi connectivity index (χ0v) is 33.8. The Morgan fingerprint density at radius 1 is 0.846 bits per heavy atom. The van der Waals surface area contributed by atoms with E-state index in [1.54, 1.807) is 0 Å².